The van der Waals surface area contributed by atoms with Crippen LogP contribution in [0.15, 0.2) is 0 Å². The molecule has 1 heterocycles. The third kappa shape index (κ3) is 3.32. The van der Waals surface area contributed by atoms with Crippen LogP contribution in [0.5, 0.6) is 0 Å². The van der Waals surface area contributed by atoms with E-state index in [0.717, 1.165) is 19.1 Å². The number of hydrogen-bond donors (Lipinski definition) is 1. The monoisotopic (exact) mass is 219 g/mol. The fourth-order valence-electron chi connectivity index (χ4n) is 1.57. The second kappa shape index (κ2) is 5.23. The Morgan fingerprint density at radius 3 is 2.79 bits per heavy atom. The minimum absolute atomic E-state index is 0.138. The molecule has 0 spiro atoms. The van der Waals surface area contributed by atoms with Crippen LogP contribution in [0.2, 0.25) is 6.04 Å². The molecule has 1 aliphatic heterocycles. The van der Waals surface area contributed by atoms with Crippen molar-refractivity contribution in [1.82, 2.24) is 0 Å². The molecule has 2 N–H and O–H groups in total. The van der Waals surface area contributed by atoms with Gasteiger partial charge in [0.1, 0.15) is 0 Å². The molecule has 1 aliphatic rings. The molecule has 0 aliphatic carbocycles. The molecule has 0 radical (unpaired) electrons. The summed E-state index contributed by atoms with van der Waals surface area (Å²) in [4.78, 5) is 0. The Morgan fingerprint density at radius 2 is 2.29 bits per heavy atom. The van der Waals surface area contributed by atoms with Crippen molar-refractivity contribution in [3.05, 3.63) is 0 Å². The number of nitrogens with two attached hydrogens (primary N) is 1. The molecule has 1 unspecified atom stereocenters. The van der Waals surface area contributed by atoms with E-state index in [2.05, 4.69) is 6.92 Å². The molecule has 1 fully saturated rings. The van der Waals surface area contributed by atoms with E-state index >= 15 is 0 Å². The van der Waals surface area contributed by atoms with Crippen molar-refractivity contribution in [3.63, 3.8) is 0 Å². The van der Waals surface area contributed by atoms with Gasteiger partial charge in [0.25, 0.3) is 0 Å². The van der Waals surface area contributed by atoms with Crippen LogP contribution in [0.1, 0.15) is 27.2 Å². The molecular formula is C9H21NO3Si. The Hall–Kier alpha value is 0.0569. The molecule has 0 aromatic heterocycles. The van der Waals surface area contributed by atoms with Gasteiger partial charge in [-0.3, -0.25) is 0 Å². The van der Waals surface area contributed by atoms with Gasteiger partial charge in [0.15, 0.2) is 0 Å². The maximum Gasteiger partial charge on any atom is 0.502 e. The van der Waals surface area contributed by atoms with Gasteiger partial charge < -0.3 is 19.0 Å². The van der Waals surface area contributed by atoms with Crippen LogP contribution < -0.4 is 5.73 Å². The van der Waals surface area contributed by atoms with Crippen LogP contribution in [0.25, 0.3) is 0 Å². The summed E-state index contributed by atoms with van der Waals surface area (Å²) in [5.41, 5.74) is 5.56. The minimum Gasteiger partial charge on any atom is -0.373 e. The van der Waals surface area contributed by atoms with Gasteiger partial charge in [0, 0.05) is 24.9 Å². The Labute approximate surface area is 87.1 Å². The van der Waals surface area contributed by atoms with Crippen molar-refractivity contribution >= 4 is 8.80 Å². The fraction of sp³-hybridized carbons (Fsp3) is 1.00. The first-order valence-electron chi connectivity index (χ1n) is 5.27. The van der Waals surface area contributed by atoms with Crippen molar-refractivity contribution in [2.75, 3.05) is 13.2 Å². The highest BCUT2D eigenvalue weighted by Crippen LogP contribution is 2.24. The second-order valence-electron chi connectivity index (χ2n) is 3.95. The Balaban J connectivity index is 2.59. The van der Waals surface area contributed by atoms with Crippen LogP contribution in [0.3, 0.4) is 0 Å². The van der Waals surface area contributed by atoms with E-state index in [1.165, 1.54) is 0 Å². The first kappa shape index (κ1) is 12.1. The van der Waals surface area contributed by atoms with Gasteiger partial charge in [-0.15, -0.1) is 0 Å². The van der Waals surface area contributed by atoms with E-state index in [9.17, 15) is 0 Å². The summed E-state index contributed by atoms with van der Waals surface area (Å²) in [6, 6.07) is 0.718. The molecule has 0 saturated carbocycles. The van der Waals surface area contributed by atoms with E-state index in [1.54, 1.807) is 0 Å². The van der Waals surface area contributed by atoms with Gasteiger partial charge >= 0.3 is 8.80 Å². The third-order valence-electron chi connectivity index (χ3n) is 2.09. The Bertz CT molecular complexity index is 171. The third-order valence-corrected chi connectivity index (χ3v) is 5.23. The zero-order chi connectivity index (χ0) is 10.6. The van der Waals surface area contributed by atoms with Crippen LogP contribution in [-0.2, 0) is 13.3 Å². The molecule has 1 rings (SSSR count). The van der Waals surface area contributed by atoms with Crippen molar-refractivity contribution in [3.8, 4) is 0 Å². The molecule has 0 aromatic carbocycles. The van der Waals surface area contributed by atoms with Crippen molar-refractivity contribution in [2.24, 2.45) is 5.73 Å². The number of hydrogen-bond acceptors (Lipinski definition) is 4. The predicted molar refractivity (Wildman–Crippen MR) is 57.0 cm³/mol. The van der Waals surface area contributed by atoms with E-state index in [0.29, 0.717) is 6.54 Å². The maximum atomic E-state index is 5.84. The first-order valence-corrected chi connectivity index (χ1v) is 7.21. The summed E-state index contributed by atoms with van der Waals surface area (Å²) in [6.45, 7) is 7.35. The van der Waals surface area contributed by atoms with Gasteiger partial charge in [-0.25, -0.2) is 0 Å². The number of rotatable bonds is 4. The van der Waals surface area contributed by atoms with E-state index in [1.807, 2.05) is 13.8 Å². The summed E-state index contributed by atoms with van der Waals surface area (Å²) in [6.07, 6.45) is 1.32. The first-order chi connectivity index (χ1) is 6.58. The topological polar surface area (TPSA) is 53.7 Å². The molecule has 5 heteroatoms. The fourth-order valence-corrected chi connectivity index (χ4v) is 4.37. The van der Waals surface area contributed by atoms with Crippen LogP contribution in [-0.4, -0.2) is 34.2 Å². The zero-order valence-electron chi connectivity index (χ0n) is 9.29. The SMILES string of the molecule is CC(C)O[Si]1(CCN)OCC[C@H](C)O1. The largest absolute Gasteiger partial charge is 0.502 e. The maximum absolute atomic E-state index is 5.84. The van der Waals surface area contributed by atoms with Crippen molar-refractivity contribution in [2.45, 2.75) is 45.4 Å². The second-order valence-corrected chi connectivity index (χ2v) is 6.58. The standard InChI is InChI=1S/C9H21NO3Si/c1-8(2)12-14(7-5-10)11-6-4-9(3)13-14/h8-9H,4-7,10H2,1-3H3/t9-,14?/m0/s1. The normalized spacial score (nSPS) is 33.6. The summed E-state index contributed by atoms with van der Waals surface area (Å²) in [7, 11) is -2.43. The lowest BCUT2D eigenvalue weighted by Crippen LogP contribution is -2.54. The summed E-state index contributed by atoms with van der Waals surface area (Å²) in [5.74, 6) is 0. The minimum atomic E-state index is -2.43. The lowest BCUT2D eigenvalue weighted by molar-refractivity contribution is -0.0252. The molecule has 84 valence electrons. The zero-order valence-corrected chi connectivity index (χ0v) is 10.3. The van der Waals surface area contributed by atoms with E-state index in [-0.39, 0.29) is 12.2 Å². The van der Waals surface area contributed by atoms with Gasteiger partial charge in [-0.2, -0.15) is 0 Å². The summed E-state index contributed by atoms with van der Waals surface area (Å²) >= 11 is 0. The molecule has 0 amide bonds. The van der Waals surface area contributed by atoms with Crippen LogP contribution in [0.4, 0.5) is 0 Å². The highest BCUT2D eigenvalue weighted by Gasteiger charge is 2.45. The Morgan fingerprint density at radius 1 is 1.57 bits per heavy atom. The molecular weight excluding hydrogens is 198 g/mol. The lowest BCUT2D eigenvalue weighted by Gasteiger charge is -2.37. The summed E-state index contributed by atoms with van der Waals surface area (Å²) in [5, 5.41) is 0. The van der Waals surface area contributed by atoms with Gasteiger partial charge in [-0.1, -0.05) is 0 Å². The highest BCUT2D eigenvalue weighted by atomic mass is 28.4. The lowest BCUT2D eigenvalue weighted by atomic mass is 10.3. The molecule has 0 aromatic rings. The molecule has 0 bridgehead atoms. The van der Waals surface area contributed by atoms with Gasteiger partial charge in [0.05, 0.1) is 0 Å². The van der Waals surface area contributed by atoms with Gasteiger partial charge in [-0.05, 0) is 33.7 Å². The smallest absolute Gasteiger partial charge is 0.373 e. The average Bonchev–Trinajstić information content (AvgIpc) is 2.02. The predicted octanol–water partition coefficient (Wildman–Crippen LogP) is 1.13. The summed E-state index contributed by atoms with van der Waals surface area (Å²) < 4.78 is 17.3. The molecule has 2 atom stereocenters. The van der Waals surface area contributed by atoms with Crippen LogP contribution in [0, 0.1) is 0 Å². The quantitative estimate of drug-likeness (QED) is 0.720. The molecule has 4 nitrogen and oxygen atoms in total. The van der Waals surface area contributed by atoms with E-state index in [4.69, 9.17) is 19.0 Å². The average molecular weight is 219 g/mol. The molecule has 14 heavy (non-hydrogen) atoms. The van der Waals surface area contributed by atoms with E-state index < -0.39 is 8.80 Å². The Kier molecular flexibility index (Phi) is 4.53. The van der Waals surface area contributed by atoms with Gasteiger partial charge in [0.2, 0.25) is 0 Å². The highest BCUT2D eigenvalue weighted by molar-refractivity contribution is 6.61. The van der Waals surface area contributed by atoms with Crippen molar-refractivity contribution in [1.29, 1.82) is 0 Å². The van der Waals surface area contributed by atoms with Crippen LogP contribution >= 0.6 is 0 Å². The molecule has 1 saturated heterocycles. The van der Waals surface area contributed by atoms with Crippen molar-refractivity contribution < 1.29 is 13.3 Å².